The summed E-state index contributed by atoms with van der Waals surface area (Å²) in [5, 5.41) is 1.82. The summed E-state index contributed by atoms with van der Waals surface area (Å²) in [5.74, 6) is 0.665. The van der Waals surface area contributed by atoms with Gasteiger partial charge >= 0.3 is 0 Å². The van der Waals surface area contributed by atoms with Gasteiger partial charge < -0.3 is 10.7 Å². The number of imidazole rings is 1. The van der Waals surface area contributed by atoms with Crippen LogP contribution in [0, 0.1) is 0 Å². The maximum absolute atomic E-state index is 6.11. The number of fused-ring (bicyclic) bond motifs is 1. The van der Waals surface area contributed by atoms with E-state index in [1.165, 1.54) is 0 Å². The first-order chi connectivity index (χ1) is 9.61. The zero-order chi connectivity index (χ0) is 14.1. The van der Waals surface area contributed by atoms with Crippen LogP contribution in [-0.4, -0.2) is 15.0 Å². The number of pyridine rings is 1. The van der Waals surface area contributed by atoms with Gasteiger partial charge in [0.05, 0.1) is 11.0 Å². The zero-order valence-electron chi connectivity index (χ0n) is 10.2. The van der Waals surface area contributed by atoms with Gasteiger partial charge in [-0.05, 0) is 29.8 Å². The average Bonchev–Trinajstić information content (AvgIpc) is 2.79. The van der Waals surface area contributed by atoms with Gasteiger partial charge in [-0.3, -0.25) is 0 Å². The highest BCUT2D eigenvalue weighted by molar-refractivity contribution is 7.98. The van der Waals surface area contributed by atoms with Crippen LogP contribution in [0.15, 0.2) is 35.6 Å². The molecule has 0 spiro atoms. The lowest BCUT2D eigenvalue weighted by atomic mass is 10.3. The normalized spacial score (nSPS) is 11.1. The Balaban J connectivity index is 1.79. The Bertz CT molecular complexity index is 772. The molecule has 102 valence electrons. The Hall–Kier alpha value is -1.43. The molecule has 20 heavy (non-hydrogen) atoms. The van der Waals surface area contributed by atoms with E-state index < -0.39 is 0 Å². The maximum atomic E-state index is 6.11. The highest BCUT2D eigenvalue weighted by Gasteiger charge is 2.07. The first kappa shape index (κ1) is 13.5. The molecule has 2 aromatic heterocycles. The summed E-state index contributed by atoms with van der Waals surface area (Å²) >= 11 is 13.4. The van der Waals surface area contributed by atoms with E-state index in [9.17, 15) is 0 Å². The molecule has 0 fully saturated rings. The predicted molar refractivity (Wildman–Crippen MR) is 84.3 cm³/mol. The van der Waals surface area contributed by atoms with E-state index in [1.807, 2.05) is 18.2 Å². The van der Waals surface area contributed by atoms with Gasteiger partial charge in [-0.15, -0.1) is 0 Å². The summed E-state index contributed by atoms with van der Waals surface area (Å²) in [4.78, 5) is 11.7. The van der Waals surface area contributed by atoms with Crippen LogP contribution in [0.3, 0.4) is 0 Å². The van der Waals surface area contributed by atoms with E-state index in [-0.39, 0.29) is 0 Å². The summed E-state index contributed by atoms with van der Waals surface area (Å²) in [6.07, 6.45) is 1.68. The summed E-state index contributed by atoms with van der Waals surface area (Å²) in [7, 11) is 0. The number of H-pyrrole nitrogens is 1. The summed E-state index contributed by atoms with van der Waals surface area (Å²) in [5.41, 5.74) is 9.18. The third kappa shape index (κ3) is 2.85. The smallest absolute Gasteiger partial charge is 0.166 e. The first-order valence-corrected chi connectivity index (χ1v) is 7.54. The second-order valence-corrected chi connectivity index (χ2v) is 5.96. The molecule has 4 nitrogen and oxygen atoms in total. The summed E-state index contributed by atoms with van der Waals surface area (Å²) < 4.78 is 0. The van der Waals surface area contributed by atoms with Gasteiger partial charge in [-0.2, -0.15) is 0 Å². The van der Waals surface area contributed by atoms with Crippen molar-refractivity contribution in [2.75, 3.05) is 5.73 Å². The highest BCUT2D eigenvalue weighted by Crippen LogP contribution is 2.27. The molecule has 1 aromatic carbocycles. The Morgan fingerprint density at radius 2 is 2.10 bits per heavy atom. The molecule has 2 heterocycles. The van der Waals surface area contributed by atoms with Crippen LogP contribution in [0.4, 0.5) is 5.69 Å². The van der Waals surface area contributed by atoms with Gasteiger partial charge in [-0.1, -0.05) is 35.0 Å². The Labute approximate surface area is 129 Å². The molecular formula is C13H10Cl2N4S. The average molecular weight is 325 g/mol. The van der Waals surface area contributed by atoms with Gasteiger partial charge in [0.1, 0.15) is 5.15 Å². The second-order valence-electron chi connectivity index (χ2n) is 4.21. The van der Waals surface area contributed by atoms with Gasteiger partial charge in [0.25, 0.3) is 0 Å². The van der Waals surface area contributed by atoms with Gasteiger partial charge in [0.15, 0.2) is 5.16 Å². The molecule has 3 N–H and O–H groups in total. The number of rotatable bonds is 3. The Morgan fingerprint density at radius 1 is 1.25 bits per heavy atom. The number of anilines is 1. The third-order valence-electron chi connectivity index (χ3n) is 2.74. The first-order valence-electron chi connectivity index (χ1n) is 5.80. The topological polar surface area (TPSA) is 67.6 Å². The van der Waals surface area contributed by atoms with E-state index in [1.54, 1.807) is 24.0 Å². The number of aromatic nitrogens is 3. The number of nitrogens with one attached hydrogen (secondary N) is 1. The van der Waals surface area contributed by atoms with Crippen LogP contribution < -0.4 is 5.73 Å². The fraction of sp³-hybridized carbons (Fsp3) is 0.0769. The van der Waals surface area contributed by atoms with Crippen molar-refractivity contribution in [3.63, 3.8) is 0 Å². The number of nitrogen functional groups attached to an aromatic ring is 1. The number of nitrogens with zero attached hydrogens (tertiary/aromatic N) is 2. The minimum absolute atomic E-state index is 0.392. The predicted octanol–water partition coefficient (Wildman–Crippen LogP) is 4.14. The van der Waals surface area contributed by atoms with Crippen molar-refractivity contribution in [1.82, 2.24) is 15.0 Å². The van der Waals surface area contributed by atoms with Gasteiger partial charge in [0, 0.05) is 22.7 Å². The molecule has 0 radical (unpaired) electrons. The van der Waals surface area contributed by atoms with Crippen LogP contribution in [0.25, 0.3) is 11.0 Å². The molecule has 3 aromatic rings. The number of nitrogens with two attached hydrogens (primary N) is 1. The minimum atomic E-state index is 0.392. The van der Waals surface area contributed by atoms with Crippen LogP contribution in [0.1, 0.15) is 5.56 Å². The standard InChI is InChI=1S/C13H10Cl2N4S/c14-9-4-12(15)17-5-7(9)6-20-13-18-10-2-1-8(16)3-11(10)19-13/h1-5H,6,16H2,(H,18,19). The molecule has 0 saturated heterocycles. The number of benzene rings is 1. The number of hydrogen-bond acceptors (Lipinski definition) is 4. The fourth-order valence-electron chi connectivity index (χ4n) is 1.76. The molecule has 3 rings (SSSR count). The monoisotopic (exact) mass is 324 g/mol. The van der Waals surface area contributed by atoms with Crippen molar-refractivity contribution in [3.05, 3.63) is 46.2 Å². The molecular weight excluding hydrogens is 315 g/mol. The SMILES string of the molecule is Nc1ccc2nc(SCc3cnc(Cl)cc3Cl)[nH]c2c1. The lowest BCUT2D eigenvalue weighted by molar-refractivity contribution is 1.08. The molecule has 0 aliphatic heterocycles. The van der Waals surface area contributed by atoms with E-state index in [0.717, 1.165) is 21.8 Å². The van der Waals surface area contributed by atoms with E-state index in [0.29, 0.717) is 21.6 Å². The van der Waals surface area contributed by atoms with Gasteiger partial charge in [-0.25, -0.2) is 9.97 Å². The van der Waals surface area contributed by atoms with Crippen molar-refractivity contribution in [2.24, 2.45) is 0 Å². The second kappa shape index (κ2) is 5.52. The van der Waals surface area contributed by atoms with Crippen LogP contribution >= 0.6 is 35.0 Å². The van der Waals surface area contributed by atoms with Crippen molar-refractivity contribution in [1.29, 1.82) is 0 Å². The third-order valence-corrected chi connectivity index (χ3v) is 4.23. The van der Waals surface area contributed by atoms with Crippen molar-refractivity contribution < 1.29 is 0 Å². The van der Waals surface area contributed by atoms with E-state index in [2.05, 4.69) is 15.0 Å². The summed E-state index contributed by atoms with van der Waals surface area (Å²) in [6, 6.07) is 7.22. The largest absolute Gasteiger partial charge is 0.399 e. The number of hydrogen-bond donors (Lipinski definition) is 2. The number of aromatic amines is 1. The minimum Gasteiger partial charge on any atom is -0.399 e. The van der Waals surface area contributed by atoms with Crippen molar-refractivity contribution in [2.45, 2.75) is 10.9 Å². The molecule has 0 aliphatic carbocycles. The lowest BCUT2D eigenvalue weighted by Crippen LogP contribution is -1.86. The van der Waals surface area contributed by atoms with Gasteiger partial charge in [0.2, 0.25) is 0 Å². The van der Waals surface area contributed by atoms with E-state index >= 15 is 0 Å². The molecule has 0 atom stereocenters. The number of thioether (sulfide) groups is 1. The molecule has 0 saturated carbocycles. The maximum Gasteiger partial charge on any atom is 0.166 e. The quantitative estimate of drug-likeness (QED) is 0.431. The molecule has 0 aliphatic rings. The fourth-order valence-corrected chi connectivity index (χ4v) is 3.14. The molecule has 0 amide bonds. The van der Waals surface area contributed by atoms with E-state index in [4.69, 9.17) is 28.9 Å². The Morgan fingerprint density at radius 3 is 2.90 bits per heavy atom. The zero-order valence-corrected chi connectivity index (χ0v) is 12.6. The van der Waals surface area contributed by atoms with Crippen LogP contribution in [0.2, 0.25) is 10.2 Å². The van der Waals surface area contributed by atoms with Crippen LogP contribution in [-0.2, 0) is 5.75 Å². The molecule has 7 heteroatoms. The molecule has 0 bridgehead atoms. The lowest BCUT2D eigenvalue weighted by Gasteiger charge is -2.02. The van der Waals surface area contributed by atoms with Crippen molar-refractivity contribution >= 4 is 51.7 Å². The molecule has 0 unspecified atom stereocenters. The van der Waals surface area contributed by atoms with Crippen molar-refractivity contribution in [3.8, 4) is 0 Å². The highest BCUT2D eigenvalue weighted by atomic mass is 35.5. The van der Waals surface area contributed by atoms with Crippen LogP contribution in [0.5, 0.6) is 0 Å². The summed E-state index contributed by atoms with van der Waals surface area (Å²) in [6.45, 7) is 0. The number of halogens is 2. The Kier molecular flexibility index (Phi) is 3.74.